The van der Waals surface area contributed by atoms with Gasteiger partial charge in [-0.1, -0.05) is 12.1 Å². The summed E-state index contributed by atoms with van der Waals surface area (Å²) in [7, 11) is 0. The van der Waals surface area contributed by atoms with E-state index in [1.54, 1.807) is 6.07 Å². The standard InChI is InChI=1S/C17H16ClFN2/c1-10-5-4-6-14-16(10)21(17(20-14)12(3)18)15-8-7-13(19)9-11(15)2/h4-9,12H,1-3H3. The minimum Gasteiger partial charge on any atom is -0.295 e. The number of imidazole rings is 1. The summed E-state index contributed by atoms with van der Waals surface area (Å²) in [6, 6.07) is 10.8. The van der Waals surface area contributed by atoms with Gasteiger partial charge < -0.3 is 0 Å². The predicted molar refractivity (Wildman–Crippen MR) is 84.8 cm³/mol. The fourth-order valence-corrected chi connectivity index (χ4v) is 2.84. The summed E-state index contributed by atoms with van der Waals surface area (Å²) >= 11 is 6.31. The number of aryl methyl sites for hydroxylation is 2. The highest BCUT2D eigenvalue weighted by molar-refractivity contribution is 6.20. The lowest BCUT2D eigenvalue weighted by atomic mass is 10.1. The molecule has 0 bridgehead atoms. The number of rotatable bonds is 2. The van der Waals surface area contributed by atoms with Crippen molar-refractivity contribution in [3.05, 3.63) is 59.2 Å². The van der Waals surface area contributed by atoms with Crippen LogP contribution in [0.3, 0.4) is 0 Å². The summed E-state index contributed by atoms with van der Waals surface area (Å²) in [5.74, 6) is 0.536. The van der Waals surface area contributed by atoms with E-state index in [4.69, 9.17) is 11.6 Å². The van der Waals surface area contributed by atoms with E-state index in [2.05, 4.69) is 4.98 Å². The number of hydrogen-bond donors (Lipinski definition) is 0. The number of nitrogens with zero attached hydrogens (tertiary/aromatic N) is 2. The number of para-hydroxylation sites is 1. The average Bonchev–Trinajstić information content (AvgIpc) is 2.80. The Morgan fingerprint density at radius 1 is 1.14 bits per heavy atom. The first-order chi connectivity index (χ1) is 9.99. The first kappa shape index (κ1) is 14.1. The Hall–Kier alpha value is -1.87. The van der Waals surface area contributed by atoms with Crippen LogP contribution in [0.1, 0.15) is 29.3 Å². The van der Waals surface area contributed by atoms with Crippen LogP contribution in [0, 0.1) is 19.7 Å². The van der Waals surface area contributed by atoms with Gasteiger partial charge in [0.15, 0.2) is 0 Å². The molecule has 0 aliphatic rings. The Morgan fingerprint density at radius 2 is 1.90 bits per heavy atom. The lowest BCUT2D eigenvalue weighted by molar-refractivity contribution is 0.626. The van der Waals surface area contributed by atoms with Crippen LogP contribution in [0.5, 0.6) is 0 Å². The molecular weight excluding hydrogens is 287 g/mol. The van der Waals surface area contributed by atoms with Crippen LogP contribution in [0.15, 0.2) is 36.4 Å². The summed E-state index contributed by atoms with van der Waals surface area (Å²) < 4.78 is 15.4. The van der Waals surface area contributed by atoms with E-state index in [1.165, 1.54) is 12.1 Å². The molecule has 0 amide bonds. The average molecular weight is 303 g/mol. The molecule has 4 heteroatoms. The molecule has 0 aliphatic heterocycles. The topological polar surface area (TPSA) is 17.8 Å². The molecule has 1 heterocycles. The van der Waals surface area contributed by atoms with Gasteiger partial charge in [-0.25, -0.2) is 9.37 Å². The zero-order chi connectivity index (χ0) is 15.1. The molecule has 0 spiro atoms. The third-order valence-corrected chi connectivity index (χ3v) is 3.85. The van der Waals surface area contributed by atoms with Gasteiger partial charge in [-0.2, -0.15) is 0 Å². The second kappa shape index (κ2) is 5.15. The minimum atomic E-state index is -0.238. The summed E-state index contributed by atoms with van der Waals surface area (Å²) in [5, 5.41) is -0.235. The molecule has 0 radical (unpaired) electrons. The maximum Gasteiger partial charge on any atom is 0.132 e. The highest BCUT2D eigenvalue weighted by Crippen LogP contribution is 2.31. The van der Waals surface area contributed by atoms with Crippen LogP contribution >= 0.6 is 11.6 Å². The van der Waals surface area contributed by atoms with E-state index in [-0.39, 0.29) is 11.2 Å². The van der Waals surface area contributed by atoms with Gasteiger partial charge in [0.25, 0.3) is 0 Å². The minimum absolute atomic E-state index is 0.235. The molecule has 108 valence electrons. The van der Waals surface area contributed by atoms with E-state index in [0.717, 1.165) is 33.7 Å². The van der Waals surface area contributed by atoms with Gasteiger partial charge in [0.1, 0.15) is 11.6 Å². The smallest absolute Gasteiger partial charge is 0.132 e. The van der Waals surface area contributed by atoms with Gasteiger partial charge in [0.05, 0.1) is 22.1 Å². The number of fused-ring (bicyclic) bond motifs is 1. The molecular formula is C17H16ClFN2. The number of hydrogen-bond acceptors (Lipinski definition) is 1. The Bertz CT molecular complexity index is 821. The van der Waals surface area contributed by atoms with Gasteiger partial charge in [-0.15, -0.1) is 11.6 Å². The zero-order valence-electron chi connectivity index (χ0n) is 12.2. The quantitative estimate of drug-likeness (QED) is 0.604. The Balaban J connectivity index is 2.41. The summed E-state index contributed by atoms with van der Waals surface area (Å²) in [6.07, 6.45) is 0. The van der Waals surface area contributed by atoms with Gasteiger partial charge in [0, 0.05) is 0 Å². The van der Waals surface area contributed by atoms with Crippen molar-refractivity contribution in [1.29, 1.82) is 0 Å². The molecule has 0 saturated carbocycles. The summed E-state index contributed by atoms with van der Waals surface area (Å²) in [4.78, 5) is 4.65. The van der Waals surface area contributed by atoms with E-state index < -0.39 is 0 Å². The summed E-state index contributed by atoms with van der Waals surface area (Å²) in [6.45, 7) is 5.83. The molecule has 1 unspecified atom stereocenters. The van der Waals surface area contributed by atoms with E-state index >= 15 is 0 Å². The number of aromatic nitrogens is 2. The predicted octanol–water partition coefficient (Wildman–Crippen LogP) is 5.08. The number of benzene rings is 2. The van der Waals surface area contributed by atoms with Crippen LogP contribution in [0.25, 0.3) is 16.7 Å². The molecule has 21 heavy (non-hydrogen) atoms. The third kappa shape index (κ3) is 2.32. The fourth-order valence-electron chi connectivity index (χ4n) is 2.69. The van der Waals surface area contributed by atoms with Gasteiger partial charge >= 0.3 is 0 Å². The lowest BCUT2D eigenvalue weighted by Gasteiger charge is -2.14. The van der Waals surface area contributed by atoms with Gasteiger partial charge in [-0.05, 0) is 56.2 Å². The maximum atomic E-state index is 13.4. The van der Waals surface area contributed by atoms with Crippen molar-refractivity contribution in [2.45, 2.75) is 26.1 Å². The molecule has 3 rings (SSSR count). The van der Waals surface area contributed by atoms with Crippen molar-refractivity contribution >= 4 is 22.6 Å². The first-order valence-corrected chi connectivity index (χ1v) is 7.31. The van der Waals surface area contributed by atoms with Gasteiger partial charge in [0.2, 0.25) is 0 Å². The normalized spacial score (nSPS) is 12.8. The maximum absolute atomic E-state index is 13.4. The second-order valence-corrected chi connectivity index (χ2v) is 5.95. The molecule has 0 fully saturated rings. The van der Waals surface area contributed by atoms with Crippen molar-refractivity contribution in [3.63, 3.8) is 0 Å². The molecule has 2 nitrogen and oxygen atoms in total. The zero-order valence-corrected chi connectivity index (χ0v) is 12.9. The van der Waals surface area contributed by atoms with Crippen LogP contribution in [0.2, 0.25) is 0 Å². The van der Waals surface area contributed by atoms with Crippen LogP contribution in [-0.2, 0) is 0 Å². The highest BCUT2D eigenvalue weighted by Gasteiger charge is 2.18. The molecule has 3 aromatic rings. The fraction of sp³-hybridized carbons (Fsp3) is 0.235. The van der Waals surface area contributed by atoms with Crippen molar-refractivity contribution in [2.75, 3.05) is 0 Å². The molecule has 1 aromatic heterocycles. The van der Waals surface area contributed by atoms with E-state index in [9.17, 15) is 4.39 Å². The molecule has 0 aliphatic carbocycles. The number of halogens is 2. The van der Waals surface area contributed by atoms with E-state index in [1.807, 2.05) is 43.5 Å². The van der Waals surface area contributed by atoms with Crippen LogP contribution in [0.4, 0.5) is 4.39 Å². The molecule has 1 atom stereocenters. The van der Waals surface area contributed by atoms with Crippen LogP contribution < -0.4 is 0 Å². The van der Waals surface area contributed by atoms with Gasteiger partial charge in [-0.3, -0.25) is 4.57 Å². The monoisotopic (exact) mass is 302 g/mol. The second-order valence-electron chi connectivity index (χ2n) is 5.29. The number of alkyl halides is 1. The first-order valence-electron chi connectivity index (χ1n) is 6.87. The largest absolute Gasteiger partial charge is 0.295 e. The van der Waals surface area contributed by atoms with Crippen molar-refractivity contribution in [1.82, 2.24) is 9.55 Å². The van der Waals surface area contributed by atoms with Crippen LogP contribution in [-0.4, -0.2) is 9.55 Å². The lowest BCUT2D eigenvalue weighted by Crippen LogP contribution is -2.04. The van der Waals surface area contributed by atoms with Crippen molar-refractivity contribution in [2.24, 2.45) is 0 Å². The molecule has 2 aromatic carbocycles. The molecule has 0 N–H and O–H groups in total. The summed E-state index contributed by atoms with van der Waals surface area (Å²) in [5.41, 5.74) is 4.81. The van der Waals surface area contributed by atoms with Crippen molar-refractivity contribution < 1.29 is 4.39 Å². The highest BCUT2D eigenvalue weighted by atomic mass is 35.5. The van der Waals surface area contributed by atoms with E-state index in [0.29, 0.717) is 0 Å². The van der Waals surface area contributed by atoms with Crippen molar-refractivity contribution in [3.8, 4) is 5.69 Å². The third-order valence-electron chi connectivity index (χ3n) is 3.66. The Morgan fingerprint density at radius 3 is 2.57 bits per heavy atom. The Kier molecular flexibility index (Phi) is 3.46. The SMILES string of the molecule is Cc1cc(F)ccc1-n1c(C(C)Cl)nc2cccc(C)c21. The molecule has 0 saturated heterocycles. The Labute approximate surface area is 128 Å².